The number of hydrogen-bond acceptors (Lipinski definition) is 5. The second kappa shape index (κ2) is 6.78. The SMILES string of the molecule is CC(OC(=O)c1cc(Br)ccc1O)C(=O)NC(=O)NC1CC1. The summed E-state index contributed by atoms with van der Waals surface area (Å²) in [5, 5.41) is 14.3. The van der Waals surface area contributed by atoms with E-state index >= 15 is 0 Å². The predicted octanol–water partition coefficient (Wildman–Crippen LogP) is 1.69. The molecule has 0 spiro atoms. The first-order chi connectivity index (χ1) is 10.4. The van der Waals surface area contributed by atoms with Gasteiger partial charge in [0.15, 0.2) is 6.10 Å². The maximum atomic E-state index is 11.9. The molecule has 1 saturated carbocycles. The Morgan fingerprint density at radius 2 is 2.05 bits per heavy atom. The molecule has 3 N–H and O–H groups in total. The summed E-state index contributed by atoms with van der Waals surface area (Å²) in [6.07, 6.45) is 0.624. The van der Waals surface area contributed by atoms with Gasteiger partial charge in [-0.05, 0) is 38.0 Å². The van der Waals surface area contributed by atoms with Gasteiger partial charge in [0.2, 0.25) is 0 Å². The molecule has 1 aliphatic carbocycles. The number of amides is 3. The van der Waals surface area contributed by atoms with Gasteiger partial charge in [-0.25, -0.2) is 9.59 Å². The molecule has 0 radical (unpaired) electrons. The zero-order chi connectivity index (χ0) is 16.3. The van der Waals surface area contributed by atoms with Crippen molar-refractivity contribution in [3.63, 3.8) is 0 Å². The number of benzene rings is 1. The monoisotopic (exact) mass is 370 g/mol. The van der Waals surface area contributed by atoms with Gasteiger partial charge in [-0.2, -0.15) is 0 Å². The molecule has 2 rings (SSSR count). The van der Waals surface area contributed by atoms with Gasteiger partial charge in [0.1, 0.15) is 11.3 Å². The van der Waals surface area contributed by atoms with E-state index in [4.69, 9.17) is 4.74 Å². The number of rotatable bonds is 4. The lowest BCUT2D eigenvalue weighted by Gasteiger charge is -2.13. The molecular formula is C14H15BrN2O5. The molecule has 1 unspecified atom stereocenters. The van der Waals surface area contributed by atoms with Gasteiger partial charge in [-0.1, -0.05) is 15.9 Å². The van der Waals surface area contributed by atoms with E-state index in [-0.39, 0.29) is 17.4 Å². The van der Waals surface area contributed by atoms with Gasteiger partial charge < -0.3 is 15.2 Å². The van der Waals surface area contributed by atoms with Crippen molar-refractivity contribution >= 4 is 33.8 Å². The molecule has 22 heavy (non-hydrogen) atoms. The number of ether oxygens (including phenoxy) is 1. The van der Waals surface area contributed by atoms with Crippen LogP contribution in [0.5, 0.6) is 5.75 Å². The Bertz CT molecular complexity index is 615. The summed E-state index contributed by atoms with van der Waals surface area (Å²) >= 11 is 3.17. The topological polar surface area (TPSA) is 105 Å². The molecule has 0 aromatic heterocycles. The molecule has 1 aliphatic rings. The fourth-order valence-corrected chi connectivity index (χ4v) is 1.97. The van der Waals surface area contributed by atoms with Crippen molar-refractivity contribution in [3.05, 3.63) is 28.2 Å². The lowest BCUT2D eigenvalue weighted by Crippen LogP contribution is -2.45. The molecule has 0 bridgehead atoms. The van der Waals surface area contributed by atoms with Crippen molar-refractivity contribution in [2.75, 3.05) is 0 Å². The van der Waals surface area contributed by atoms with Crippen LogP contribution in [0.4, 0.5) is 4.79 Å². The lowest BCUT2D eigenvalue weighted by atomic mass is 10.2. The average Bonchev–Trinajstić information content (AvgIpc) is 3.24. The fourth-order valence-electron chi connectivity index (χ4n) is 1.61. The number of imide groups is 1. The Labute approximate surface area is 135 Å². The van der Waals surface area contributed by atoms with Crippen molar-refractivity contribution in [2.45, 2.75) is 31.9 Å². The quantitative estimate of drug-likeness (QED) is 0.699. The minimum atomic E-state index is -1.17. The zero-order valence-electron chi connectivity index (χ0n) is 11.8. The van der Waals surface area contributed by atoms with Crippen LogP contribution < -0.4 is 10.6 Å². The van der Waals surface area contributed by atoms with Crippen LogP contribution in [0.25, 0.3) is 0 Å². The molecule has 0 aliphatic heterocycles. The molecule has 1 aromatic rings. The molecule has 118 valence electrons. The van der Waals surface area contributed by atoms with Crippen molar-refractivity contribution in [3.8, 4) is 5.75 Å². The van der Waals surface area contributed by atoms with Gasteiger partial charge in [-0.15, -0.1) is 0 Å². The van der Waals surface area contributed by atoms with Gasteiger partial charge >= 0.3 is 12.0 Å². The summed E-state index contributed by atoms with van der Waals surface area (Å²) in [5.74, 6) is -1.85. The summed E-state index contributed by atoms with van der Waals surface area (Å²) in [6, 6.07) is 3.77. The largest absolute Gasteiger partial charge is 0.507 e. The lowest BCUT2D eigenvalue weighted by molar-refractivity contribution is -0.127. The average molecular weight is 371 g/mol. The summed E-state index contributed by atoms with van der Waals surface area (Å²) in [7, 11) is 0. The maximum Gasteiger partial charge on any atom is 0.342 e. The van der Waals surface area contributed by atoms with Crippen LogP contribution in [0, 0.1) is 0 Å². The minimum Gasteiger partial charge on any atom is -0.507 e. The number of carbonyl (C=O) groups excluding carboxylic acids is 3. The molecule has 1 aromatic carbocycles. The Balaban J connectivity index is 1.90. The Morgan fingerprint density at radius 1 is 1.36 bits per heavy atom. The van der Waals surface area contributed by atoms with E-state index in [1.807, 2.05) is 0 Å². The second-order valence-electron chi connectivity index (χ2n) is 4.95. The van der Waals surface area contributed by atoms with Gasteiger partial charge in [-0.3, -0.25) is 10.1 Å². The highest BCUT2D eigenvalue weighted by molar-refractivity contribution is 9.10. The molecular weight excluding hydrogens is 356 g/mol. The van der Waals surface area contributed by atoms with E-state index in [0.29, 0.717) is 4.47 Å². The standard InChI is InChI=1S/C14H15BrN2O5/c1-7(12(19)17-14(21)16-9-3-4-9)22-13(20)10-6-8(15)2-5-11(10)18/h2,5-7,9,18H,3-4H2,1H3,(H2,16,17,19,21). The fraction of sp³-hybridized carbons (Fsp3) is 0.357. The first kappa shape index (κ1) is 16.3. The first-order valence-corrected chi connectivity index (χ1v) is 7.47. The molecule has 8 heteroatoms. The van der Waals surface area contributed by atoms with Crippen LogP contribution >= 0.6 is 15.9 Å². The smallest absolute Gasteiger partial charge is 0.342 e. The summed E-state index contributed by atoms with van der Waals surface area (Å²) < 4.78 is 5.53. The third-order valence-electron chi connectivity index (χ3n) is 2.98. The van der Waals surface area contributed by atoms with Crippen LogP contribution in [0.15, 0.2) is 22.7 Å². The summed E-state index contributed by atoms with van der Waals surface area (Å²) in [4.78, 5) is 35.1. The van der Waals surface area contributed by atoms with Crippen LogP contribution in [0.1, 0.15) is 30.1 Å². The number of nitrogens with one attached hydrogen (secondary N) is 2. The van der Waals surface area contributed by atoms with Crippen LogP contribution in [0.2, 0.25) is 0 Å². The zero-order valence-corrected chi connectivity index (χ0v) is 13.3. The minimum absolute atomic E-state index is 0.0727. The van der Waals surface area contributed by atoms with Gasteiger partial charge in [0.25, 0.3) is 5.91 Å². The van der Waals surface area contributed by atoms with Crippen molar-refractivity contribution in [2.24, 2.45) is 0 Å². The highest BCUT2D eigenvalue weighted by atomic mass is 79.9. The highest BCUT2D eigenvalue weighted by Gasteiger charge is 2.26. The van der Waals surface area contributed by atoms with Gasteiger partial charge in [0, 0.05) is 10.5 Å². The van der Waals surface area contributed by atoms with E-state index in [2.05, 4.69) is 26.6 Å². The normalized spacial score (nSPS) is 14.8. The second-order valence-corrected chi connectivity index (χ2v) is 5.86. The third-order valence-corrected chi connectivity index (χ3v) is 3.47. The van der Waals surface area contributed by atoms with E-state index in [9.17, 15) is 19.5 Å². The van der Waals surface area contributed by atoms with Gasteiger partial charge in [0.05, 0.1) is 0 Å². The third kappa shape index (κ3) is 4.45. The first-order valence-electron chi connectivity index (χ1n) is 6.67. The number of aromatic hydroxyl groups is 1. The van der Waals surface area contributed by atoms with Crippen molar-refractivity contribution in [1.29, 1.82) is 0 Å². The van der Waals surface area contributed by atoms with E-state index in [0.717, 1.165) is 12.8 Å². The molecule has 1 atom stereocenters. The summed E-state index contributed by atoms with van der Waals surface area (Å²) in [5.41, 5.74) is -0.0727. The number of carbonyl (C=O) groups is 3. The maximum absolute atomic E-state index is 11.9. The Morgan fingerprint density at radius 3 is 2.68 bits per heavy atom. The highest BCUT2D eigenvalue weighted by Crippen LogP contribution is 2.23. The molecule has 0 saturated heterocycles. The van der Waals surface area contributed by atoms with Crippen LogP contribution in [-0.2, 0) is 9.53 Å². The predicted molar refractivity (Wildman–Crippen MR) is 80.4 cm³/mol. The van der Waals surface area contributed by atoms with E-state index < -0.39 is 24.0 Å². The summed E-state index contributed by atoms with van der Waals surface area (Å²) in [6.45, 7) is 1.34. The number of phenolic OH excluding ortho intramolecular Hbond substituents is 1. The number of hydrogen-bond donors (Lipinski definition) is 3. The molecule has 1 fully saturated rings. The number of phenols is 1. The van der Waals surface area contributed by atoms with Crippen molar-refractivity contribution in [1.82, 2.24) is 10.6 Å². The van der Waals surface area contributed by atoms with Crippen LogP contribution in [-0.4, -0.2) is 35.2 Å². The van der Waals surface area contributed by atoms with E-state index in [1.54, 1.807) is 6.07 Å². The molecule has 3 amide bonds. The number of urea groups is 1. The Hall–Kier alpha value is -2.09. The number of halogens is 1. The van der Waals surface area contributed by atoms with Crippen molar-refractivity contribution < 1.29 is 24.2 Å². The van der Waals surface area contributed by atoms with Crippen LogP contribution in [0.3, 0.4) is 0 Å². The Kier molecular flexibility index (Phi) is 5.02. The molecule has 7 nitrogen and oxygen atoms in total. The molecule has 0 heterocycles. The number of esters is 1. The van der Waals surface area contributed by atoms with E-state index in [1.165, 1.54) is 19.1 Å².